The van der Waals surface area contributed by atoms with E-state index in [2.05, 4.69) is 58.2 Å². The van der Waals surface area contributed by atoms with E-state index in [4.69, 9.17) is 0 Å². The average Bonchev–Trinajstić information content (AvgIpc) is 3.15. The van der Waals surface area contributed by atoms with Crippen LogP contribution in [0.3, 0.4) is 0 Å². The van der Waals surface area contributed by atoms with Gasteiger partial charge >= 0.3 is 0 Å². The number of piperidine rings is 1. The van der Waals surface area contributed by atoms with Crippen molar-refractivity contribution in [3.05, 3.63) is 30.2 Å². The molecule has 0 spiro atoms. The largest absolute Gasteiger partial charge is 0.357 e. The Kier molecular flexibility index (Phi) is 4.11. The number of hydrogen-bond donors (Lipinski definition) is 1. The topological polar surface area (TPSA) is 58.4 Å². The SMILES string of the molecule is CC(C)(C)c1cn2nc(Nc3ccc(N4CCCCC4)nc3)sc2n1. The second-order valence-electron chi connectivity index (χ2n) is 7.59. The number of fused-ring (bicyclic) bond motifs is 1. The van der Waals surface area contributed by atoms with Crippen LogP contribution in [0, 0.1) is 0 Å². The van der Waals surface area contributed by atoms with Gasteiger partial charge in [0.1, 0.15) is 5.82 Å². The number of hydrogen-bond acceptors (Lipinski definition) is 6. The summed E-state index contributed by atoms with van der Waals surface area (Å²) in [4.78, 5) is 12.6. The van der Waals surface area contributed by atoms with E-state index in [1.54, 1.807) is 11.3 Å². The fourth-order valence-corrected chi connectivity index (χ4v) is 3.81. The predicted molar refractivity (Wildman–Crippen MR) is 103 cm³/mol. The molecule has 7 heteroatoms. The highest BCUT2D eigenvalue weighted by Crippen LogP contribution is 2.27. The number of anilines is 3. The van der Waals surface area contributed by atoms with E-state index in [1.807, 2.05) is 16.9 Å². The molecular formula is C18H24N6S. The number of imidazole rings is 1. The number of rotatable bonds is 3. The van der Waals surface area contributed by atoms with Gasteiger partial charge in [-0.1, -0.05) is 32.1 Å². The molecule has 0 bridgehead atoms. The van der Waals surface area contributed by atoms with Crippen LogP contribution < -0.4 is 10.2 Å². The highest BCUT2D eigenvalue weighted by Gasteiger charge is 2.19. The lowest BCUT2D eigenvalue weighted by molar-refractivity contribution is 0.572. The standard InChI is InChI=1S/C18H24N6S/c1-18(2,3)14-12-24-17(21-14)25-16(22-24)20-13-7-8-15(19-11-13)23-9-5-4-6-10-23/h7-8,11-12H,4-6,9-10H2,1-3H3,(H,20,22). The molecule has 4 heterocycles. The molecule has 1 N–H and O–H groups in total. The van der Waals surface area contributed by atoms with Crippen LogP contribution >= 0.6 is 11.3 Å². The normalized spacial score (nSPS) is 15.7. The van der Waals surface area contributed by atoms with Crippen LogP contribution in [0.2, 0.25) is 0 Å². The van der Waals surface area contributed by atoms with E-state index in [9.17, 15) is 0 Å². The molecule has 0 aliphatic carbocycles. The van der Waals surface area contributed by atoms with Gasteiger partial charge in [0.2, 0.25) is 10.1 Å². The first-order valence-electron chi connectivity index (χ1n) is 8.84. The zero-order valence-electron chi connectivity index (χ0n) is 15.0. The van der Waals surface area contributed by atoms with Crippen LogP contribution in [0.25, 0.3) is 4.96 Å². The Morgan fingerprint density at radius 2 is 1.92 bits per heavy atom. The zero-order valence-corrected chi connectivity index (χ0v) is 15.8. The molecule has 1 aliphatic rings. The summed E-state index contributed by atoms with van der Waals surface area (Å²) in [5, 5.41) is 8.74. The van der Waals surface area contributed by atoms with Gasteiger partial charge in [0, 0.05) is 18.5 Å². The molecule has 6 nitrogen and oxygen atoms in total. The third kappa shape index (κ3) is 3.46. The number of nitrogens with one attached hydrogen (secondary N) is 1. The summed E-state index contributed by atoms with van der Waals surface area (Å²) in [7, 11) is 0. The molecule has 0 aromatic carbocycles. The van der Waals surface area contributed by atoms with Crippen molar-refractivity contribution >= 4 is 32.9 Å². The van der Waals surface area contributed by atoms with Crippen molar-refractivity contribution in [1.82, 2.24) is 19.6 Å². The van der Waals surface area contributed by atoms with Crippen LogP contribution in [-0.2, 0) is 5.41 Å². The quantitative estimate of drug-likeness (QED) is 0.761. The molecule has 0 radical (unpaired) electrons. The fourth-order valence-electron chi connectivity index (χ4n) is 3.01. The molecule has 0 atom stereocenters. The second-order valence-corrected chi connectivity index (χ2v) is 8.54. The highest BCUT2D eigenvalue weighted by molar-refractivity contribution is 7.20. The molecule has 0 saturated carbocycles. The van der Waals surface area contributed by atoms with Crippen molar-refractivity contribution in [2.75, 3.05) is 23.3 Å². The van der Waals surface area contributed by atoms with Gasteiger partial charge in [0.25, 0.3) is 0 Å². The van der Waals surface area contributed by atoms with E-state index >= 15 is 0 Å². The lowest BCUT2D eigenvalue weighted by Gasteiger charge is -2.27. The molecule has 3 aromatic rings. The van der Waals surface area contributed by atoms with Crippen LogP contribution in [0.4, 0.5) is 16.6 Å². The summed E-state index contributed by atoms with van der Waals surface area (Å²) >= 11 is 1.55. The van der Waals surface area contributed by atoms with Crippen LogP contribution in [0.15, 0.2) is 24.5 Å². The molecule has 132 valence electrons. The van der Waals surface area contributed by atoms with Crippen LogP contribution in [0.1, 0.15) is 45.7 Å². The summed E-state index contributed by atoms with van der Waals surface area (Å²) in [5.41, 5.74) is 2.05. The Morgan fingerprint density at radius 1 is 1.12 bits per heavy atom. The van der Waals surface area contributed by atoms with Gasteiger partial charge in [-0.15, -0.1) is 5.10 Å². The zero-order chi connectivity index (χ0) is 17.4. The third-order valence-electron chi connectivity index (χ3n) is 4.49. The van der Waals surface area contributed by atoms with E-state index in [1.165, 1.54) is 19.3 Å². The third-order valence-corrected chi connectivity index (χ3v) is 5.33. The number of aromatic nitrogens is 4. The van der Waals surface area contributed by atoms with E-state index in [-0.39, 0.29) is 5.41 Å². The summed E-state index contributed by atoms with van der Waals surface area (Å²) < 4.78 is 1.85. The first kappa shape index (κ1) is 16.3. The summed E-state index contributed by atoms with van der Waals surface area (Å²) in [6, 6.07) is 4.16. The molecule has 3 aromatic heterocycles. The Bertz CT molecular complexity index is 820. The smallest absolute Gasteiger partial charge is 0.214 e. The molecule has 1 aliphatic heterocycles. The monoisotopic (exact) mass is 356 g/mol. The van der Waals surface area contributed by atoms with Crippen molar-refractivity contribution in [2.24, 2.45) is 0 Å². The van der Waals surface area contributed by atoms with Crippen LogP contribution in [0.5, 0.6) is 0 Å². The first-order chi connectivity index (χ1) is 12.0. The maximum atomic E-state index is 4.68. The molecule has 1 saturated heterocycles. The number of nitrogens with zero attached hydrogens (tertiary/aromatic N) is 5. The Labute approximate surface area is 151 Å². The Morgan fingerprint density at radius 3 is 2.56 bits per heavy atom. The van der Waals surface area contributed by atoms with E-state index in [0.29, 0.717) is 0 Å². The molecule has 1 fully saturated rings. The average molecular weight is 356 g/mol. The minimum absolute atomic E-state index is 0.0369. The lowest BCUT2D eigenvalue weighted by Crippen LogP contribution is -2.29. The minimum atomic E-state index is 0.0369. The predicted octanol–water partition coefficient (Wildman–Crippen LogP) is 4.22. The van der Waals surface area contributed by atoms with Crippen LogP contribution in [-0.4, -0.2) is 32.7 Å². The molecule has 0 unspecified atom stereocenters. The summed E-state index contributed by atoms with van der Waals surface area (Å²) in [6.45, 7) is 8.70. The molecular weight excluding hydrogens is 332 g/mol. The maximum absolute atomic E-state index is 4.68. The lowest BCUT2D eigenvalue weighted by atomic mass is 9.93. The van der Waals surface area contributed by atoms with Crippen molar-refractivity contribution in [3.63, 3.8) is 0 Å². The second kappa shape index (κ2) is 6.29. The van der Waals surface area contributed by atoms with Gasteiger partial charge in [-0.25, -0.2) is 14.5 Å². The first-order valence-corrected chi connectivity index (χ1v) is 9.65. The highest BCUT2D eigenvalue weighted by atomic mass is 32.1. The van der Waals surface area contributed by atoms with Gasteiger partial charge in [-0.2, -0.15) is 0 Å². The fraction of sp³-hybridized carbons (Fsp3) is 0.500. The van der Waals surface area contributed by atoms with Crippen molar-refractivity contribution in [1.29, 1.82) is 0 Å². The van der Waals surface area contributed by atoms with E-state index < -0.39 is 0 Å². The Hall–Kier alpha value is -2.15. The van der Waals surface area contributed by atoms with Crippen molar-refractivity contribution in [3.8, 4) is 0 Å². The van der Waals surface area contributed by atoms with Gasteiger partial charge in [0.15, 0.2) is 0 Å². The maximum Gasteiger partial charge on any atom is 0.214 e. The molecule has 0 amide bonds. The van der Waals surface area contributed by atoms with Gasteiger partial charge in [-0.05, 0) is 31.4 Å². The minimum Gasteiger partial charge on any atom is -0.357 e. The van der Waals surface area contributed by atoms with E-state index in [0.717, 1.165) is 40.4 Å². The summed E-state index contributed by atoms with van der Waals surface area (Å²) in [6.07, 6.45) is 7.75. The van der Waals surface area contributed by atoms with Crippen molar-refractivity contribution in [2.45, 2.75) is 45.4 Å². The number of pyridine rings is 1. The molecule has 25 heavy (non-hydrogen) atoms. The van der Waals surface area contributed by atoms with Gasteiger partial charge < -0.3 is 10.2 Å². The molecule has 4 rings (SSSR count). The van der Waals surface area contributed by atoms with Gasteiger partial charge in [0.05, 0.1) is 23.8 Å². The van der Waals surface area contributed by atoms with Crippen molar-refractivity contribution < 1.29 is 0 Å². The summed E-state index contributed by atoms with van der Waals surface area (Å²) in [5.74, 6) is 1.06. The Balaban J connectivity index is 1.48. The van der Waals surface area contributed by atoms with Gasteiger partial charge in [-0.3, -0.25) is 0 Å².